The Morgan fingerprint density at radius 2 is 0.483 bits per heavy atom. The van der Waals surface area contributed by atoms with Crippen molar-refractivity contribution in [2.75, 3.05) is 0 Å². The fourth-order valence-electron chi connectivity index (χ4n) is 12.8. The van der Waals surface area contributed by atoms with Crippen molar-refractivity contribution >= 4 is 11.4 Å². The first-order valence-corrected chi connectivity index (χ1v) is 39.2. The predicted molar refractivity (Wildman–Crippen MR) is 391 cm³/mol. The van der Waals surface area contributed by atoms with Crippen LogP contribution in [-0.4, -0.2) is 4.70 Å². The average Bonchev–Trinajstić information content (AvgIpc) is 2.12. The molecule has 0 saturated heterocycles. The van der Waals surface area contributed by atoms with Crippen molar-refractivity contribution in [3.63, 3.8) is 0 Å². The summed E-state index contributed by atoms with van der Waals surface area (Å²) in [5.41, 5.74) is 23.4. The van der Waals surface area contributed by atoms with E-state index < -0.39 is 0 Å². The maximum Gasteiger partial charge on any atom is 2.00 e. The Bertz CT molecular complexity index is 1780. The van der Waals surface area contributed by atoms with E-state index in [1.165, 1.54) is 360 Å². The Morgan fingerprint density at radius 1 is 0.264 bits per heavy atom. The van der Waals surface area contributed by atoms with E-state index in [4.69, 9.17) is 0 Å². The van der Waals surface area contributed by atoms with E-state index in [1.807, 2.05) is 0 Å². The van der Waals surface area contributed by atoms with Gasteiger partial charge in [0, 0.05) is 22.8 Å². The molecule has 0 radical (unpaired) electrons. The molecule has 0 spiro atoms. The van der Waals surface area contributed by atoms with Crippen molar-refractivity contribution < 1.29 is 21.2 Å². The molecule has 0 atom stereocenters. The van der Waals surface area contributed by atoms with Gasteiger partial charge in [0.05, 0.1) is 0 Å². The summed E-state index contributed by atoms with van der Waals surface area (Å²) in [7, 11) is 0. The smallest absolute Gasteiger partial charge is 0.493 e. The summed E-state index contributed by atoms with van der Waals surface area (Å²) in [6.45, 7) is 23.8. The van der Waals surface area contributed by atoms with Crippen LogP contribution in [0.5, 0.6) is 0 Å². The van der Waals surface area contributed by atoms with E-state index >= 15 is 0 Å². The molecule has 2 aromatic rings. The summed E-state index contributed by atoms with van der Waals surface area (Å²) in [4.78, 5) is 0. The summed E-state index contributed by atoms with van der Waals surface area (Å²) < 4.78 is 1.56. The average molecular weight is 1250 g/mol. The number of aryl methyl sites for hydroxylation is 4. The molecule has 3 heteroatoms. The molecule has 0 fully saturated rings. The van der Waals surface area contributed by atoms with Crippen molar-refractivity contribution in [3.8, 4) is 0 Å². The van der Waals surface area contributed by atoms with Crippen molar-refractivity contribution in [1.29, 1.82) is 0 Å². The number of rotatable bonds is 59. The van der Waals surface area contributed by atoms with Crippen LogP contribution in [0.4, 0.5) is 0 Å². The van der Waals surface area contributed by atoms with Crippen LogP contribution in [-0.2, 0) is 42.2 Å². The molecule has 0 N–H and O–H groups in total. The summed E-state index contributed by atoms with van der Waals surface area (Å²) in [6, 6.07) is 14.4. The Morgan fingerprint density at radius 3 is 0.747 bits per heavy atom. The van der Waals surface area contributed by atoms with Gasteiger partial charge in [0.25, 0.3) is 0 Å². The summed E-state index contributed by atoms with van der Waals surface area (Å²) in [6.07, 6.45) is 82.4. The van der Waals surface area contributed by atoms with Crippen LogP contribution in [0.15, 0.2) is 48.0 Å². The molecule has 0 aliphatic carbocycles. The van der Waals surface area contributed by atoms with Crippen LogP contribution in [0, 0.1) is 13.8 Å². The van der Waals surface area contributed by atoms with Gasteiger partial charge >= 0.3 is 16.5 Å². The monoisotopic (exact) mass is 1250 g/mol. The van der Waals surface area contributed by atoms with Crippen LogP contribution >= 0.6 is 0 Å². The fraction of sp³-hybridized carbons (Fsp3) is 0.786. The molecule has 2 nitrogen and oxygen atoms in total. The summed E-state index contributed by atoms with van der Waals surface area (Å²) in [5, 5.41) is 0. The van der Waals surface area contributed by atoms with Crippen LogP contribution < -0.4 is 0 Å². The van der Waals surface area contributed by atoms with Crippen molar-refractivity contribution in [1.82, 2.24) is 0 Å². The van der Waals surface area contributed by atoms with Crippen LogP contribution in [0.1, 0.15) is 435 Å². The van der Waals surface area contributed by atoms with Gasteiger partial charge in [0.15, 0.2) is 0 Å². The third kappa shape index (κ3) is 48.4. The van der Waals surface area contributed by atoms with E-state index in [0.717, 1.165) is 69.2 Å². The van der Waals surface area contributed by atoms with Gasteiger partial charge in [-0.05, 0) is 111 Å². The van der Waals surface area contributed by atoms with Crippen molar-refractivity contribution in [2.45, 2.75) is 427 Å². The molecule has 1 aliphatic heterocycles. The topological polar surface area (TPSA) is 25.3 Å². The van der Waals surface area contributed by atoms with Gasteiger partial charge in [-0.2, -0.15) is 12.8 Å². The van der Waals surface area contributed by atoms with Crippen LogP contribution in [0.3, 0.4) is 0 Å². The van der Waals surface area contributed by atoms with Gasteiger partial charge in [0.1, 0.15) is 0 Å². The Balaban J connectivity index is 0.00000149. The maximum atomic E-state index is 12.0. The zero-order valence-corrected chi connectivity index (χ0v) is 60.9. The van der Waals surface area contributed by atoms with Gasteiger partial charge in [0.2, 0.25) is 11.4 Å². The SMILES string of the molecule is CCCCCCCCc1cc(CCCC)cc(C2=CC(CCCC)=C(c3cc(CCCC)cc(CCCCCCCC)c3)[N+]2=[N-])c1.[CH2-]CCCCCCCCCCCCCCCCCCC.[CH2-]CCCCCCCCCCCCCCCCCCC.[Ni+2]. The molecule has 0 aromatic heterocycles. The van der Waals surface area contributed by atoms with Gasteiger partial charge < -0.3 is 19.4 Å². The molecule has 0 bridgehead atoms. The number of allylic oxidation sites excluding steroid dienone is 2. The summed E-state index contributed by atoms with van der Waals surface area (Å²) >= 11 is 0. The number of unbranched alkanes of at least 4 members (excludes halogenated alkanes) is 47. The van der Waals surface area contributed by atoms with Gasteiger partial charge in [-0.3, -0.25) is 0 Å². The largest absolute Gasteiger partial charge is 2.00 e. The second-order valence-corrected chi connectivity index (χ2v) is 27.2. The molecule has 0 saturated carbocycles. The fourth-order valence-corrected chi connectivity index (χ4v) is 12.8. The van der Waals surface area contributed by atoms with E-state index in [1.54, 1.807) is 4.70 Å². The van der Waals surface area contributed by atoms with Gasteiger partial charge in [-0.15, -0.1) is 0 Å². The third-order valence-electron chi connectivity index (χ3n) is 18.5. The van der Waals surface area contributed by atoms with E-state index in [9.17, 15) is 5.53 Å². The molecule has 1 heterocycles. The van der Waals surface area contributed by atoms with Crippen LogP contribution in [0.2, 0.25) is 0 Å². The van der Waals surface area contributed by atoms with Crippen molar-refractivity contribution in [3.05, 3.63) is 101 Å². The van der Waals surface area contributed by atoms with E-state index in [0.29, 0.717) is 0 Å². The number of hydrogen-bond acceptors (Lipinski definition) is 0. The predicted octanol–water partition coefficient (Wildman–Crippen LogP) is 29.9. The molecule has 0 amide bonds. The van der Waals surface area contributed by atoms with Crippen LogP contribution in [0.25, 0.3) is 16.9 Å². The summed E-state index contributed by atoms with van der Waals surface area (Å²) in [5.74, 6) is 0. The molecule has 0 unspecified atom stereocenters. The Kier molecular flexibility index (Phi) is 64.0. The van der Waals surface area contributed by atoms with Gasteiger partial charge in [-0.1, -0.05) is 362 Å². The molecule has 506 valence electrons. The molecule has 87 heavy (non-hydrogen) atoms. The number of hydrogen-bond donors (Lipinski definition) is 0. The molecule has 2 aromatic carbocycles. The quantitative estimate of drug-likeness (QED) is 0.0273. The van der Waals surface area contributed by atoms with Gasteiger partial charge in [-0.25, -0.2) is 4.70 Å². The molecule has 3 rings (SSSR count). The standard InChI is InChI=1S/C44H68N2.2C20H41.Ni/c1-6-11-16-18-20-22-26-38-29-36(24-13-8-3)31-41(32-38)43-35-40(28-15-10-5)44(46(43)45)42-33-37(25-14-9-4)30-39(34-42)27-23-21-19-17-12-7-2;2*1-3-5-7-9-11-13-15-17-19-20-18-16-14-12-10-8-6-4-2;/h29-35H,6-28H2,1-5H3;2*1,3-20H2,2H3;/q;2*-1;+2. The zero-order valence-electron chi connectivity index (χ0n) is 59.9. The number of benzene rings is 2. The second-order valence-electron chi connectivity index (χ2n) is 27.2. The molecule has 1 aliphatic rings. The minimum atomic E-state index is 0. The first kappa shape index (κ1) is 85.0. The van der Waals surface area contributed by atoms with E-state index in [-0.39, 0.29) is 16.5 Å². The van der Waals surface area contributed by atoms with Crippen molar-refractivity contribution in [2.24, 2.45) is 0 Å². The first-order chi connectivity index (χ1) is 42.4. The minimum absolute atomic E-state index is 0. The normalized spacial score (nSPS) is 12.1. The third-order valence-corrected chi connectivity index (χ3v) is 18.5. The Labute approximate surface area is 557 Å². The molecular formula is C84H150N2Ni. The Hall–Kier alpha value is -1.99. The van der Waals surface area contributed by atoms with E-state index in [2.05, 4.69) is 105 Å². The minimum Gasteiger partial charge on any atom is -0.493 e. The molecular weight excluding hydrogens is 1100 g/mol. The number of nitrogens with zero attached hydrogens (tertiary/aromatic N) is 2. The zero-order chi connectivity index (χ0) is 62.4. The maximum absolute atomic E-state index is 12.0. The second kappa shape index (κ2) is 65.5. The first-order valence-electron chi connectivity index (χ1n) is 39.2.